The minimum Gasteiger partial charge on any atom is -0.369 e. The highest BCUT2D eigenvalue weighted by Crippen LogP contribution is 2.42. The molecule has 0 saturated heterocycles. The predicted molar refractivity (Wildman–Crippen MR) is 90.7 cm³/mol. The lowest BCUT2D eigenvalue weighted by atomic mass is 9.87. The summed E-state index contributed by atoms with van der Waals surface area (Å²) in [5.74, 6) is 0.132. The third kappa shape index (κ3) is 3.09. The molecule has 1 aromatic rings. The van der Waals surface area contributed by atoms with Crippen LogP contribution in [-0.4, -0.2) is 17.6 Å². The van der Waals surface area contributed by atoms with Gasteiger partial charge in [-0.2, -0.15) is 18.2 Å². The molecular formula is C15H17BrF3N5. The summed E-state index contributed by atoms with van der Waals surface area (Å²) in [6.07, 6.45) is -0.270. The molecule has 0 atom stereocenters. The van der Waals surface area contributed by atoms with Gasteiger partial charge in [-0.1, -0.05) is 22.4 Å². The molecular weight excluding hydrogens is 387 g/mol. The van der Waals surface area contributed by atoms with E-state index in [2.05, 4.69) is 25.9 Å². The Balaban J connectivity index is 2.12. The van der Waals surface area contributed by atoms with Gasteiger partial charge in [-0.15, -0.1) is 0 Å². The van der Waals surface area contributed by atoms with E-state index in [4.69, 9.17) is 11.5 Å². The van der Waals surface area contributed by atoms with Gasteiger partial charge in [0.05, 0.1) is 5.56 Å². The number of halogens is 4. The second-order valence-electron chi connectivity index (χ2n) is 6.01. The van der Waals surface area contributed by atoms with Gasteiger partial charge in [0, 0.05) is 10.2 Å². The van der Waals surface area contributed by atoms with E-state index < -0.39 is 17.4 Å². The number of benzene rings is 1. The van der Waals surface area contributed by atoms with Gasteiger partial charge in [0.2, 0.25) is 11.9 Å². The molecule has 3 rings (SSSR count). The average Bonchev–Trinajstić information content (AvgIpc) is 2.45. The molecule has 9 heteroatoms. The second-order valence-corrected chi connectivity index (χ2v) is 6.93. The van der Waals surface area contributed by atoms with Crippen molar-refractivity contribution in [1.29, 1.82) is 0 Å². The smallest absolute Gasteiger partial charge is 0.369 e. The van der Waals surface area contributed by atoms with Crippen molar-refractivity contribution >= 4 is 33.5 Å². The SMILES string of the molecule is NC1=NC2(CCCCC2)N(c2cc(Br)cc(C(F)(F)F)c2)C(N)=N1. The highest BCUT2D eigenvalue weighted by atomic mass is 79.9. The molecule has 1 aliphatic heterocycles. The van der Waals surface area contributed by atoms with Crippen LogP contribution in [0.5, 0.6) is 0 Å². The second kappa shape index (κ2) is 5.94. The third-order valence-corrected chi connectivity index (χ3v) is 4.78. The number of hydrogen-bond acceptors (Lipinski definition) is 5. The molecule has 1 saturated carbocycles. The molecule has 2 aliphatic rings. The van der Waals surface area contributed by atoms with Crippen LogP contribution in [0, 0.1) is 0 Å². The van der Waals surface area contributed by atoms with Crippen molar-refractivity contribution in [3.63, 3.8) is 0 Å². The summed E-state index contributed by atoms with van der Waals surface area (Å²) in [6, 6.07) is 3.69. The van der Waals surface area contributed by atoms with E-state index in [0.29, 0.717) is 23.0 Å². The third-order valence-electron chi connectivity index (χ3n) is 4.32. The maximum absolute atomic E-state index is 13.2. The van der Waals surface area contributed by atoms with E-state index in [1.807, 2.05) is 0 Å². The Bertz CT molecular complexity index is 708. The summed E-state index contributed by atoms with van der Waals surface area (Å²) >= 11 is 3.15. The summed E-state index contributed by atoms with van der Waals surface area (Å²) in [5.41, 5.74) is 10.6. The fraction of sp³-hybridized carbons (Fsp3) is 0.467. The van der Waals surface area contributed by atoms with E-state index in [-0.39, 0.29) is 11.9 Å². The lowest BCUT2D eigenvalue weighted by Gasteiger charge is -2.45. The molecule has 0 radical (unpaired) electrons. The highest BCUT2D eigenvalue weighted by molar-refractivity contribution is 9.10. The van der Waals surface area contributed by atoms with Crippen LogP contribution < -0.4 is 16.4 Å². The number of aliphatic imine (C=N–C) groups is 2. The maximum Gasteiger partial charge on any atom is 0.416 e. The molecule has 1 fully saturated rings. The first kappa shape index (κ1) is 17.1. The fourth-order valence-electron chi connectivity index (χ4n) is 3.36. The van der Waals surface area contributed by atoms with Crippen molar-refractivity contribution in [2.75, 3.05) is 4.90 Å². The van der Waals surface area contributed by atoms with Gasteiger partial charge in [-0.25, -0.2) is 4.99 Å². The molecule has 1 heterocycles. The van der Waals surface area contributed by atoms with Crippen LogP contribution in [0.15, 0.2) is 32.7 Å². The van der Waals surface area contributed by atoms with Gasteiger partial charge in [-0.05, 0) is 43.9 Å². The lowest BCUT2D eigenvalue weighted by molar-refractivity contribution is -0.137. The predicted octanol–water partition coefficient (Wildman–Crippen LogP) is 3.58. The van der Waals surface area contributed by atoms with Crippen molar-refractivity contribution in [3.8, 4) is 0 Å². The Kier molecular flexibility index (Phi) is 4.23. The molecule has 0 aromatic heterocycles. The molecule has 4 N–H and O–H groups in total. The zero-order chi connectivity index (χ0) is 17.5. The molecule has 0 unspecified atom stereocenters. The molecule has 5 nitrogen and oxygen atoms in total. The van der Waals surface area contributed by atoms with Gasteiger partial charge < -0.3 is 11.5 Å². The molecule has 130 valence electrons. The molecule has 1 aromatic carbocycles. The molecule has 1 aliphatic carbocycles. The maximum atomic E-state index is 13.2. The van der Waals surface area contributed by atoms with Crippen LogP contribution in [0.25, 0.3) is 0 Å². The number of guanidine groups is 2. The van der Waals surface area contributed by atoms with Crippen LogP contribution in [0.2, 0.25) is 0 Å². The molecule has 0 bridgehead atoms. The Hall–Kier alpha value is -1.77. The van der Waals surface area contributed by atoms with Crippen molar-refractivity contribution in [3.05, 3.63) is 28.2 Å². The first-order valence-electron chi connectivity index (χ1n) is 7.59. The minimum atomic E-state index is -4.46. The molecule has 24 heavy (non-hydrogen) atoms. The Labute approximate surface area is 145 Å². The van der Waals surface area contributed by atoms with Gasteiger partial charge in [0.25, 0.3) is 0 Å². The first-order valence-corrected chi connectivity index (χ1v) is 8.38. The average molecular weight is 404 g/mol. The zero-order valence-corrected chi connectivity index (χ0v) is 14.4. The topological polar surface area (TPSA) is 80.0 Å². The number of nitrogens with two attached hydrogens (primary N) is 2. The highest BCUT2D eigenvalue weighted by Gasteiger charge is 2.43. The largest absolute Gasteiger partial charge is 0.416 e. The van der Waals surface area contributed by atoms with Crippen LogP contribution in [0.3, 0.4) is 0 Å². The zero-order valence-electron chi connectivity index (χ0n) is 12.8. The standard InChI is InChI=1S/C15H17BrF3N5/c16-10-6-9(15(17,18)19)7-11(8-10)24-13(21)22-12(20)23-14(24)4-2-1-3-5-14/h6-8H,1-5H2,(H4,20,21,22,23). The fourth-order valence-corrected chi connectivity index (χ4v) is 3.84. The summed E-state index contributed by atoms with van der Waals surface area (Å²) in [5, 5.41) is 0. The van der Waals surface area contributed by atoms with E-state index in [0.717, 1.165) is 31.4 Å². The summed E-state index contributed by atoms with van der Waals surface area (Å²) in [6.45, 7) is 0. The van der Waals surface area contributed by atoms with E-state index in [9.17, 15) is 13.2 Å². The van der Waals surface area contributed by atoms with Crippen molar-refractivity contribution in [2.45, 2.75) is 43.9 Å². The van der Waals surface area contributed by atoms with Gasteiger partial charge >= 0.3 is 6.18 Å². The Morgan fingerprint density at radius 1 is 1.08 bits per heavy atom. The monoisotopic (exact) mass is 403 g/mol. The van der Waals surface area contributed by atoms with Crippen LogP contribution in [0.4, 0.5) is 18.9 Å². The number of nitrogens with zero attached hydrogens (tertiary/aromatic N) is 3. The summed E-state index contributed by atoms with van der Waals surface area (Å²) in [4.78, 5) is 10.0. The van der Waals surface area contributed by atoms with Crippen LogP contribution in [0.1, 0.15) is 37.7 Å². The Morgan fingerprint density at radius 3 is 2.38 bits per heavy atom. The van der Waals surface area contributed by atoms with Crippen molar-refractivity contribution in [1.82, 2.24) is 0 Å². The van der Waals surface area contributed by atoms with Gasteiger partial charge in [0.1, 0.15) is 5.66 Å². The Morgan fingerprint density at radius 2 is 1.75 bits per heavy atom. The van der Waals surface area contributed by atoms with Crippen molar-refractivity contribution in [2.24, 2.45) is 21.5 Å². The summed E-state index contributed by atoms with van der Waals surface area (Å²) < 4.78 is 39.8. The van der Waals surface area contributed by atoms with Gasteiger partial charge in [0.15, 0.2) is 0 Å². The number of anilines is 1. The normalized spacial score (nSPS) is 20.8. The van der Waals surface area contributed by atoms with Gasteiger partial charge in [-0.3, -0.25) is 4.90 Å². The molecule has 1 spiro atoms. The van der Waals surface area contributed by atoms with E-state index >= 15 is 0 Å². The number of alkyl halides is 3. The minimum absolute atomic E-state index is 0.0654. The van der Waals surface area contributed by atoms with Crippen molar-refractivity contribution < 1.29 is 13.2 Å². The summed E-state index contributed by atoms with van der Waals surface area (Å²) in [7, 11) is 0. The number of hydrogen-bond donors (Lipinski definition) is 2. The lowest BCUT2D eigenvalue weighted by Crippen LogP contribution is -2.58. The van der Waals surface area contributed by atoms with Crippen LogP contribution in [-0.2, 0) is 6.18 Å². The number of rotatable bonds is 1. The van der Waals surface area contributed by atoms with Crippen LogP contribution >= 0.6 is 15.9 Å². The molecule has 0 amide bonds. The van der Waals surface area contributed by atoms with E-state index in [1.54, 1.807) is 11.0 Å². The first-order chi connectivity index (χ1) is 11.2. The quantitative estimate of drug-likeness (QED) is 0.751. The van der Waals surface area contributed by atoms with E-state index in [1.165, 1.54) is 0 Å².